The van der Waals surface area contributed by atoms with E-state index in [1.807, 2.05) is 31.2 Å². The molecule has 8 heteroatoms. The second-order valence-corrected chi connectivity index (χ2v) is 7.15. The van der Waals surface area contributed by atoms with Crippen LogP contribution in [-0.4, -0.2) is 35.6 Å². The highest BCUT2D eigenvalue weighted by atomic mass is 16.5. The van der Waals surface area contributed by atoms with Gasteiger partial charge in [-0.3, -0.25) is 9.59 Å². The van der Waals surface area contributed by atoms with Gasteiger partial charge < -0.3 is 19.5 Å². The van der Waals surface area contributed by atoms with Gasteiger partial charge in [0.2, 0.25) is 11.8 Å². The quantitative estimate of drug-likeness (QED) is 0.676. The first-order valence-corrected chi connectivity index (χ1v) is 9.66. The Morgan fingerprint density at radius 3 is 2.83 bits per heavy atom. The van der Waals surface area contributed by atoms with Crippen LogP contribution in [0.4, 0.5) is 5.69 Å². The lowest BCUT2D eigenvalue weighted by Gasteiger charge is -2.19. The number of ether oxygens (including phenoxy) is 1. The molecule has 1 aromatic heterocycles. The zero-order valence-electron chi connectivity index (χ0n) is 16.8. The van der Waals surface area contributed by atoms with Crippen LogP contribution in [0.3, 0.4) is 0 Å². The lowest BCUT2D eigenvalue weighted by molar-refractivity contribution is -0.117. The number of benzene rings is 2. The molecular formula is C22H22N4O4. The van der Waals surface area contributed by atoms with E-state index in [1.165, 1.54) is 0 Å². The summed E-state index contributed by atoms with van der Waals surface area (Å²) in [6, 6.07) is 14.6. The minimum absolute atomic E-state index is 0.0000773. The molecule has 3 aromatic rings. The molecule has 154 valence electrons. The number of aromatic nitrogens is 2. The van der Waals surface area contributed by atoms with Gasteiger partial charge in [0.1, 0.15) is 5.75 Å². The van der Waals surface area contributed by atoms with Crippen molar-refractivity contribution in [3.63, 3.8) is 0 Å². The van der Waals surface area contributed by atoms with Gasteiger partial charge in [-0.2, -0.15) is 4.98 Å². The molecule has 8 nitrogen and oxygen atoms in total. The third kappa shape index (κ3) is 4.03. The van der Waals surface area contributed by atoms with Gasteiger partial charge in [0, 0.05) is 30.5 Å². The summed E-state index contributed by atoms with van der Waals surface area (Å²) in [5.74, 6) is 1.08. The molecule has 1 atom stereocenters. The van der Waals surface area contributed by atoms with Gasteiger partial charge in [-0.15, -0.1) is 0 Å². The van der Waals surface area contributed by atoms with Crippen LogP contribution in [0.5, 0.6) is 5.75 Å². The van der Waals surface area contributed by atoms with Crippen LogP contribution in [0.1, 0.15) is 40.0 Å². The number of hydrogen-bond acceptors (Lipinski definition) is 6. The highest BCUT2D eigenvalue weighted by molar-refractivity contribution is 5.97. The third-order valence-corrected chi connectivity index (χ3v) is 5.12. The normalized spacial score (nSPS) is 16.0. The molecule has 4 rings (SSSR count). The maximum absolute atomic E-state index is 12.6. The second kappa shape index (κ2) is 8.36. The SMILES string of the molecule is COc1ccc(C)c(N2CC(c3noc(CNC(=O)c4ccccc4)n3)CC2=O)c1. The number of aryl methyl sites for hydroxylation is 1. The molecule has 0 aliphatic carbocycles. The summed E-state index contributed by atoms with van der Waals surface area (Å²) in [5.41, 5.74) is 2.37. The molecular weight excluding hydrogens is 384 g/mol. The molecule has 1 fully saturated rings. The van der Waals surface area contributed by atoms with E-state index in [0.29, 0.717) is 36.0 Å². The van der Waals surface area contributed by atoms with Crippen LogP contribution < -0.4 is 15.0 Å². The van der Waals surface area contributed by atoms with E-state index in [4.69, 9.17) is 9.26 Å². The Balaban J connectivity index is 1.42. The van der Waals surface area contributed by atoms with E-state index in [0.717, 1.165) is 11.3 Å². The van der Waals surface area contributed by atoms with Crippen LogP contribution in [0.25, 0.3) is 0 Å². The highest BCUT2D eigenvalue weighted by Crippen LogP contribution is 2.34. The fraction of sp³-hybridized carbons (Fsp3) is 0.273. The summed E-state index contributed by atoms with van der Waals surface area (Å²) in [6.07, 6.45) is 0.298. The van der Waals surface area contributed by atoms with E-state index in [1.54, 1.807) is 36.3 Å². The molecule has 30 heavy (non-hydrogen) atoms. The summed E-state index contributed by atoms with van der Waals surface area (Å²) < 4.78 is 10.6. The summed E-state index contributed by atoms with van der Waals surface area (Å²) in [5, 5.41) is 6.78. The first-order chi connectivity index (χ1) is 14.5. The van der Waals surface area contributed by atoms with Crippen LogP contribution in [0, 0.1) is 6.92 Å². The van der Waals surface area contributed by atoms with Crippen LogP contribution in [0.2, 0.25) is 0 Å². The predicted molar refractivity (Wildman–Crippen MR) is 109 cm³/mol. The van der Waals surface area contributed by atoms with Gasteiger partial charge >= 0.3 is 0 Å². The van der Waals surface area contributed by atoms with Gasteiger partial charge in [-0.1, -0.05) is 29.4 Å². The minimum Gasteiger partial charge on any atom is -0.497 e. The fourth-order valence-corrected chi connectivity index (χ4v) is 3.47. The number of anilines is 1. The molecule has 0 radical (unpaired) electrons. The van der Waals surface area contributed by atoms with Crippen molar-refractivity contribution in [3.8, 4) is 5.75 Å². The number of nitrogens with one attached hydrogen (secondary N) is 1. The Bertz CT molecular complexity index is 1060. The Morgan fingerprint density at radius 1 is 1.27 bits per heavy atom. The third-order valence-electron chi connectivity index (χ3n) is 5.12. The van der Waals surface area contributed by atoms with E-state index in [2.05, 4.69) is 15.5 Å². The van der Waals surface area contributed by atoms with Gasteiger partial charge in [0.05, 0.1) is 19.3 Å². The highest BCUT2D eigenvalue weighted by Gasteiger charge is 2.35. The lowest BCUT2D eigenvalue weighted by atomic mass is 10.1. The second-order valence-electron chi connectivity index (χ2n) is 7.15. The van der Waals surface area contributed by atoms with E-state index >= 15 is 0 Å². The summed E-state index contributed by atoms with van der Waals surface area (Å²) in [7, 11) is 1.60. The average molecular weight is 406 g/mol. The number of carbonyl (C=O) groups is 2. The zero-order valence-corrected chi connectivity index (χ0v) is 16.8. The molecule has 1 N–H and O–H groups in total. The Morgan fingerprint density at radius 2 is 2.07 bits per heavy atom. The van der Waals surface area contributed by atoms with Crippen molar-refractivity contribution >= 4 is 17.5 Å². The van der Waals surface area contributed by atoms with Gasteiger partial charge in [-0.05, 0) is 30.7 Å². The summed E-state index contributed by atoms with van der Waals surface area (Å²) >= 11 is 0. The zero-order chi connectivity index (χ0) is 21.1. The van der Waals surface area contributed by atoms with Crippen molar-refractivity contribution in [2.24, 2.45) is 0 Å². The standard InChI is InChI=1S/C22H22N4O4/c1-14-8-9-17(29-2)11-18(14)26-13-16(10-20(26)27)21-24-19(30-25-21)12-23-22(28)15-6-4-3-5-7-15/h3-9,11,16H,10,12-13H2,1-2H3,(H,23,28). The van der Waals surface area contributed by atoms with Crippen molar-refractivity contribution in [1.82, 2.24) is 15.5 Å². The molecule has 0 bridgehead atoms. The topological polar surface area (TPSA) is 97.6 Å². The van der Waals surface area contributed by atoms with Crippen molar-refractivity contribution in [2.75, 3.05) is 18.6 Å². The maximum atomic E-state index is 12.6. The van der Waals surface area contributed by atoms with E-state index in [-0.39, 0.29) is 24.3 Å². The van der Waals surface area contributed by atoms with E-state index < -0.39 is 0 Å². The van der Waals surface area contributed by atoms with Gasteiger partial charge in [0.15, 0.2) is 5.82 Å². The number of rotatable bonds is 6. The number of amides is 2. The average Bonchev–Trinajstić information content (AvgIpc) is 3.39. The lowest BCUT2D eigenvalue weighted by Crippen LogP contribution is -2.25. The predicted octanol–water partition coefficient (Wildman–Crippen LogP) is 2.84. The Kier molecular flexibility index (Phi) is 5.47. The molecule has 2 amide bonds. The van der Waals surface area contributed by atoms with Crippen molar-refractivity contribution in [3.05, 3.63) is 71.4 Å². The Labute approximate surface area is 173 Å². The van der Waals surface area contributed by atoms with E-state index in [9.17, 15) is 9.59 Å². The number of methoxy groups -OCH3 is 1. The van der Waals surface area contributed by atoms with Crippen LogP contribution in [-0.2, 0) is 11.3 Å². The molecule has 0 spiro atoms. The van der Waals surface area contributed by atoms with Crippen LogP contribution >= 0.6 is 0 Å². The van der Waals surface area contributed by atoms with Crippen LogP contribution in [0.15, 0.2) is 53.1 Å². The van der Waals surface area contributed by atoms with Gasteiger partial charge in [0.25, 0.3) is 5.91 Å². The van der Waals surface area contributed by atoms with Crippen molar-refractivity contribution in [2.45, 2.75) is 25.8 Å². The largest absolute Gasteiger partial charge is 0.497 e. The summed E-state index contributed by atoms with van der Waals surface area (Å²) in [4.78, 5) is 30.9. The molecule has 1 aliphatic rings. The number of hydrogen-bond donors (Lipinski definition) is 1. The molecule has 1 aliphatic heterocycles. The molecule has 0 saturated carbocycles. The van der Waals surface area contributed by atoms with Gasteiger partial charge in [-0.25, -0.2) is 0 Å². The monoisotopic (exact) mass is 406 g/mol. The molecule has 1 unspecified atom stereocenters. The van der Waals surface area contributed by atoms with Crippen molar-refractivity contribution < 1.29 is 18.8 Å². The Hall–Kier alpha value is -3.68. The summed E-state index contributed by atoms with van der Waals surface area (Å²) in [6.45, 7) is 2.54. The first-order valence-electron chi connectivity index (χ1n) is 9.66. The molecule has 2 heterocycles. The van der Waals surface area contributed by atoms with Crippen molar-refractivity contribution in [1.29, 1.82) is 0 Å². The number of nitrogens with zero attached hydrogens (tertiary/aromatic N) is 3. The first kappa shape index (κ1) is 19.6. The smallest absolute Gasteiger partial charge is 0.251 e. The molecule has 1 saturated heterocycles. The minimum atomic E-state index is -0.217. The fourth-order valence-electron chi connectivity index (χ4n) is 3.47. The number of carbonyl (C=O) groups excluding carboxylic acids is 2. The maximum Gasteiger partial charge on any atom is 0.251 e. The molecule has 2 aromatic carbocycles.